The number of aliphatic hydroxyl groups excluding tert-OH is 1. The van der Waals surface area contributed by atoms with E-state index in [4.69, 9.17) is 0 Å². The van der Waals surface area contributed by atoms with Crippen LogP contribution in [0.3, 0.4) is 0 Å². The molecule has 1 amide bonds. The van der Waals surface area contributed by atoms with Crippen LogP contribution in [0.25, 0.3) is 5.57 Å². The summed E-state index contributed by atoms with van der Waals surface area (Å²) in [6.07, 6.45) is 1.71. The molecule has 0 saturated carbocycles. The fourth-order valence-corrected chi connectivity index (χ4v) is 3.97. The van der Waals surface area contributed by atoms with Gasteiger partial charge in [0.15, 0.2) is 5.76 Å². The molecule has 146 valence electrons. The van der Waals surface area contributed by atoms with E-state index in [9.17, 15) is 9.90 Å². The third kappa shape index (κ3) is 3.81. The number of hydrogen-bond donors (Lipinski definition) is 1. The maximum atomic E-state index is 13.0. The molecule has 3 nitrogen and oxygen atoms in total. The van der Waals surface area contributed by atoms with Crippen molar-refractivity contribution in [3.8, 4) is 0 Å². The van der Waals surface area contributed by atoms with Gasteiger partial charge in [-0.1, -0.05) is 91.9 Å². The maximum Gasteiger partial charge on any atom is 0.289 e. The van der Waals surface area contributed by atoms with Crippen LogP contribution in [0.2, 0.25) is 0 Å². The van der Waals surface area contributed by atoms with Gasteiger partial charge in [-0.25, -0.2) is 0 Å². The lowest BCUT2D eigenvalue weighted by molar-refractivity contribution is -0.129. The molecule has 1 atom stereocenters. The number of hydrogen-bond acceptors (Lipinski definition) is 2. The first kappa shape index (κ1) is 19.0. The van der Waals surface area contributed by atoms with Gasteiger partial charge in [0, 0.05) is 12.1 Å². The van der Waals surface area contributed by atoms with Gasteiger partial charge in [0.05, 0.1) is 6.04 Å². The predicted molar refractivity (Wildman–Crippen MR) is 116 cm³/mol. The fourth-order valence-electron chi connectivity index (χ4n) is 3.97. The monoisotopic (exact) mass is 383 g/mol. The molecule has 0 aliphatic carbocycles. The van der Waals surface area contributed by atoms with Gasteiger partial charge in [-0.2, -0.15) is 0 Å². The van der Waals surface area contributed by atoms with Crippen molar-refractivity contribution in [2.75, 3.05) is 6.54 Å². The number of benzene rings is 3. The minimum Gasteiger partial charge on any atom is -0.503 e. The second-order valence-electron chi connectivity index (χ2n) is 7.36. The van der Waals surface area contributed by atoms with Gasteiger partial charge in [-0.05, 0) is 35.1 Å². The lowest BCUT2D eigenvalue weighted by atomic mass is 9.92. The zero-order valence-electron chi connectivity index (χ0n) is 16.6. The highest BCUT2D eigenvalue weighted by atomic mass is 16.3. The highest BCUT2D eigenvalue weighted by Crippen LogP contribution is 2.43. The molecule has 3 aromatic rings. The number of amides is 1. The Balaban J connectivity index is 1.72. The summed E-state index contributed by atoms with van der Waals surface area (Å²) in [7, 11) is 0. The second-order valence-corrected chi connectivity index (χ2v) is 7.36. The average Bonchev–Trinajstić information content (AvgIpc) is 3.04. The number of carbonyl (C=O) groups is 1. The Morgan fingerprint density at radius 2 is 1.45 bits per heavy atom. The molecule has 3 heteroatoms. The number of carbonyl (C=O) groups excluding carboxylic acids is 1. The Hall–Kier alpha value is -3.33. The Kier molecular flexibility index (Phi) is 5.48. The molecule has 0 aromatic heterocycles. The molecular formula is C26H25NO2. The van der Waals surface area contributed by atoms with Crippen LogP contribution in [-0.4, -0.2) is 22.5 Å². The second kappa shape index (κ2) is 8.36. The standard InChI is InChI=1S/C26H25NO2/c1-2-19-13-15-22(16-14-19)24-23(21-11-7-4-8-12-21)25(28)26(29)27(24)18-17-20-9-5-3-6-10-20/h3-16,24,28H,2,17-18H2,1H3. The first-order valence-electron chi connectivity index (χ1n) is 10.1. The smallest absolute Gasteiger partial charge is 0.289 e. The average molecular weight is 383 g/mol. The molecule has 29 heavy (non-hydrogen) atoms. The van der Waals surface area contributed by atoms with Crippen molar-refractivity contribution in [1.29, 1.82) is 0 Å². The van der Waals surface area contributed by atoms with Crippen molar-refractivity contribution >= 4 is 11.5 Å². The third-order valence-corrected chi connectivity index (χ3v) is 5.58. The van der Waals surface area contributed by atoms with Crippen LogP contribution in [0, 0.1) is 0 Å². The molecule has 1 heterocycles. The van der Waals surface area contributed by atoms with Crippen molar-refractivity contribution in [3.05, 3.63) is 113 Å². The lowest BCUT2D eigenvalue weighted by Crippen LogP contribution is -2.32. The van der Waals surface area contributed by atoms with Crippen molar-refractivity contribution in [2.45, 2.75) is 25.8 Å². The van der Waals surface area contributed by atoms with Crippen LogP contribution in [0.1, 0.15) is 35.2 Å². The van der Waals surface area contributed by atoms with Gasteiger partial charge in [0.25, 0.3) is 5.91 Å². The summed E-state index contributed by atoms with van der Waals surface area (Å²) in [5.74, 6) is -0.446. The summed E-state index contributed by atoms with van der Waals surface area (Å²) in [4.78, 5) is 14.8. The first-order valence-corrected chi connectivity index (χ1v) is 10.1. The normalized spacial score (nSPS) is 16.5. The third-order valence-electron chi connectivity index (χ3n) is 5.58. The molecule has 0 bridgehead atoms. The van der Waals surface area contributed by atoms with Crippen LogP contribution in [0.5, 0.6) is 0 Å². The molecule has 0 fully saturated rings. The Bertz CT molecular complexity index is 1010. The molecule has 1 aliphatic rings. The molecule has 1 unspecified atom stereocenters. The molecule has 3 aromatic carbocycles. The molecular weight excluding hydrogens is 358 g/mol. The van der Waals surface area contributed by atoms with Crippen molar-refractivity contribution in [2.24, 2.45) is 0 Å². The largest absolute Gasteiger partial charge is 0.503 e. The van der Waals surface area contributed by atoms with E-state index in [0.29, 0.717) is 12.1 Å². The summed E-state index contributed by atoms with van der Waals surface area (Å²) < 4.78 is 0. The molecule has 0 spiro atoms. The van der Waals surface area contributed by atoms with Crippen LogP contribution in [-0.2, 0) is 17.6 Å². The quantitative estimate of drug-likeness (QED) is 0.624. The van der Waals surface area contributed by atoms with E-state index in [-0.39, 0.29) is 17.7 Å². The van der Waals surface area contributed by atoms with Crippen LogP contribution < -0.4 is 0 Å². The summed E-state index contributed by atoms with van der Waals surface area (Å²) in [5, 5.41) is 10.8. The van der Waals surface area contributed by atoms with E-state index in [1.807, 2.05) is 48.5 Å². The SMILES string of the molecule is CCc1ccc(C2C(c3ccccc3)=C(O)C(=O)N2CCc2ccccc2)cc1. The minimum atomic E-state index is -0.302. The first-order chi connectivity index (χ1) is 14.2. The van der Waals surface area contributed by atoms with Crippen molar-refractivity contribution in [3.63, 3.8) is 0 Å². The zero-order chi connectivity index (χ0) is 20.2. The molecule has 0 radical (unpaired) electrons. The van der Waals surface area contributed by atoms with Crippen LogP contribution in [0.15, 0.2) is 90.7 Å². The van der Waals surface area contributed by atoms with Crippen molar-refractivity contribution in [1.82, 2.24) is 4.90 Å². The summed E-state index contributed by atoms with van der Waals surface area (Å²) in [5.41, 5.74) is 5.01. The van der Waals surface area contributed by atoms with E-state index in [1.165, 1.54) is 11.1 Å². The molecule has 1 N–H and O–H groups in total. The number of rotatable bonds is 6. The van der Waals surface area contributed by atoms with Crippen LogP contribution in [0.4, 0.5) is 0 Å². The van der Waals surface area contributed by atoms with Gasteiger partial charge < -0.3 is 10.0 Å². The Morgan fingerprint density at radius 3 is 2.07 bits per heavy atom. The highest BCUT2D eigenvalue weighted by Gasteiger charge is 2.40. The fraction of sp³-hybridized carbons (Fsp3) is 0.192. The number of aryl methyl sites for hydroxylation is 1. The van der Waals surface area contributed by atoms with E-state index >= 15 is 0 Å². The van der Waals surface area contributed by atoms with Gasteiger partial charge in [0.1, 0.15) is 0 Å². The van der Waals surface area contributed by atoms with Gasteiger partial charge >= 0.3 is 0 Å². The predicted octanol–water partition coefficient (Wildman–Crippen LogP) is 5.34. The van der Waals surface area contributed by atoms with E-state index in [1.54, 1.807) is 4.90 Å². The summed E-state index contributed by atoms with van der Waals surface area (Å²) in [6, 6.07) is 27.9. The Labute approximate surface area is 171 Å². The topological polar surface area (TPSA) is 40.5 Å². The van der Waals surface area contributed by atoms with Crippen LogP contribution >= 0.6 is 0 Å². The van der Waals surface area contributed by atoms with Gasteiger partial charge in [-0.15, -0.1) is 0 Å². The number of nitrogens with zero attached hydrogens (tertiary/aromatic N) is 1. The highest BCUT2D eigenvalue weighted by molar-refractivity contribution is 6.05. The summed E-state index contributed by atoms with van der Waals surface area (Å²) in [6.45, 7) is 2.67. The van der Waals surface area contributed by atoms with E-state index in [0.717, 1.165) is 24.0 Å². The lowest BCUT2D eigenvalue weighted by Gasteiger charge is -2.27. The molecule has 1 aliphatic heterocycles. The molecule has 0 saturated heterocycles. The number of aliphatic hydroxyl groups is 1. The van der Waals surface area contributed by atoms with Gasteiger partial charge in [-0.3, -0.25) is 4.79 Å². The minimum absolute atomic E-state index is 0.145. The zero-order valence-corrected chi connectivity index (χ0v) is 16.6. The summed E-state index contributed by atoms with van der Waals surface area (Å²) >= 11 is 0. The van der Waals surface area contributed by atoms with Gasteiger partial charge in [0.2, 0.25) is 0 Å². The van der Waals surface area contributed by atoms with E-state index < -0.39 is 0 Å². The maximum absolute atomic E-state index is 13.0. The van der Waals surface area contributed by atoms with Crippen molar-refractivity contribution < 1.29 is 9.90 Å². The molecule has 4 rings (SSSR count). The Morgan fingerprint density at radius 1 is 0.828 bits per heavy atom. The van der Waals surface area contributed by atoms with E-state index in [2.05, 4.69) is 43.3 Å².